The Kier molecular flexibility index (Phi) is 4.09. The third-order valence-corrected chi connectivity index (χ3v) is 3.15. The Morgan fingerprint density at radius 3 is 2.06 bits per heavy atom. The van der Waals surface area contributed by atoms with Gasteiger partial charge in [-0.25, -0.2) is 4.39 Å². The van der Waals surface area contributed by atoms with Gasteiger partial charge in [0, 0.05) is 13.0 Å². The van der Waals surface area contributed by atoms with Gasteiger partial charge in [-0.15, -0.1) is 0 Å². The zero-order valence-electron chi connectivity index (χ0n) is 10.7. The van der Waals surface area contributed by atoms with Crippen molar-refractivity contribution in [3.63, 3.8) is 0 Å². The van der Waals surface area contributed by atoms with Crippen LogP contribution in [0.4, 0.5) is 4.39 Å². The fourth-order valence-corrected chi connectivity index (χ4v) is 2.02. The van der Waals surface area contributed by atoms with Crippen molar-refractivity contribution in [3.05, 3.63) is 34.9 Å². The van der Waals surface area contributed by atoms with E-state index >= 15 is 0 Å². The predicted octanol–water partition coefficient (Wildman–Crippen LogP) is 3.17. The minimum Gasteiger partial charge on any atom is -0.328 e. The van der Waals surface area contributed by atoms with Gasteiger partial charge in [-0.2, -0.15) is 0 Å². The van der Waals surface area contributed by atoms with Crippen LogP contribution in [0.5, 0.6) is 0 Å². The molecular weight excluding hydrogens is 201 g/mol. The number of nitrogens with two attached hydrogens (primary N) is 1. The van der Waals surface area contributed by atoms with Crippen molar-refractivity contribution in [1.82, 2.24) is 0 Å². The summed E-state index contributed by atoms with van der Waals surface area (Å²) in [4.78, 5) is 0. The highest BCUT2D eigenvalue weighted by Gasteiger charge is 2.32. The van der Waals surface area contributed by atoms with Crippen LogP contribution in [0.15, 0.2) is 18.2 Å². The number of alkyl halides is 1. The Hall–Kier alpha value is -0.890. The van der Waals surface area contributed by atoms with E-state index in [0.29, 0.717) is 6.42 Å². The Bertz CT molecular complexity index is 340. The van der Waals surface area contributed by atoms with Gasteiger partial charge in [0.05, 0.1) is 0 Å². The number of benzene rings is 1. The summed E-state index contributed by atoms with van der Waals surface area (Å²) in [5.41, 5.74) is 7.66. The smallest absolute Gasteiger partial charge is 0.129 e. The van der Waals surface area contributed by atoms with E-state index in [1.165, 1.54) is 11.1 Å². The van der Waals surface area contributed by atoms with Gasteiger partial charge in [0.15, 0.2) is 0 Å². The molecule has 16 heavy (non-hydrogen) atoms. The van der Waals surface area contributed by atoms with Gasteiger partial charge in [-0.3, -0.25) is 0 Å². The first-order valence-corrected chi connectivity index (χ1v) is 5.83. The molecule has 0 saturated heterocycles. The van der Waals surface area contributed by atoms with Gasteiger partial charge in [-0.05, 0) is 25.3 Å². The standard InChI is InChI=1S/C14H22FN/c1-10(2)14(15,9-16)8-13-6-11(3)5-12(4)7-13/h5-7,10H,8-9,16H2,1-4H3. The second-order valence-corrected chi connectivity index (χ2v) is 5.07. The summed E-state index contributed by atoms with van der Waals surface area (Å²) in [5, 5.41) is 0. The number of hydrogen-bond acceptors (Lipinski definition) is 1. The molecule has 0 saturated carbocycles. The minimum absolute atomic E-state index is 0.0571. The second-order valence-electron chi connectivity index (χ2n) is 5.07. The number of hydrogen-bond donors (Lipinski definition) is 1. The molecule has 2 N–H and O–H groups in total. The molecule has 0 aliphatic heterocycles. The lowest BCUT2D eigenvalue weighted by molar-refractivity contribution is 0.110. The van der Waals surface area contributed by atoms with Crippen molar-refractivity contribution in [1.29, 1.82) is 0 Å². The number of halogens is 1. The van der Waals surface area contributed by atoms with Crippen LogP contribution in [-0.2, 0) is 6.42 Å². The van der Waals surface area contributed by atoms with Gasteiger partial charge in [0.1, 0.15) is 5.67 Å². The van der Waals surface area contributed by atoms with Crippen molar-refractivity contribution in [2.24, 2.45) is 11.7 Å². The molecule has 0 heterocycles. The van der Waals surface area contributed by atoms with E-state index < -0.39 is 5.67 Å². The van der Waals surface area contributed by atoms with E-state index in [1.54, 1.807) is 0 Å². The zero-order chi connectivity index (χ0) is 12.3. The lowest BCUT2D eigenvalue weighted by atomic mass is 9.85. The van der Waals surface area contributed by atoms with Gasteiger partial charge < -0.3 is 5.73 Å². The maximum Gasteiger partial charge on any atom is 0.129 e. The van der Waals surface area contributed by atoms with E-state index in [0.717, 1.165) is 5.56 Å². The predicted molar refractivity (Wildman–Crippen MR) is 67.4 cm³/mol. The molecule has 1 rings (SSSR count). The van der Waals surface area contributed by atoms with Crippen molar-refractivity contribution in [2.75, 3.05) is 6.54 Å². The monoisotopic (exact) mass is 223 g/mol. The van der Waals surface area contributed by atoms with Gasteiger partial charge in [0.2, 0.25) is 0 Å². The van der Waals surface area contributed by atoms with Crippen LogP contribution in [0.1, 0.15) is 30.5 Å². The highest BCUT2D eigenvalue weighted by Crippen LogP contribution is 2.26. The fraction of sp³-hybridized carbons (Fsp3) is 0.571. The quantitative estimate of drug-likeness (QED) is 0.833. The van der Waals surface area contributed by atoms with Crippen LogP contribution in [0, 0.1) is 19.8 Å². The third-order valence-electron chi connectivity index (χ3n) is 3.15. The van der Waals surface area contributed by atoms with Crippen LogP contribution in [0.3, 0.4) is 0 Å². The summed E-state index contributed by atoms with van der Waals surface area (Å²) >= 11 is 0. The molecule has 1 aromatic carbocycles. The number of aryl methyl sites for hydroxylation is 2. The molecule has 0 fully saturated rings. The van der Waals surface area contributed by atoms with Crippen LogP contribution < -0.4 is 5.73 Å². The molecule has 0 radical (unpaired) electrons. The first-order chi connectivity index (χ1) is 7.37. The van der Waals surface area contributed by atoms with Crippen LogP contribution in [-0.4, -0.2) is 12.2 Å². The summed E-state index contributed by atoms with van der Waals surface area (Å²) in [6.45, 7) is 7.92. The molecule has 1 unspecified atom stereocenters. The molecule has 2 heteroatoms. The van der Waals surface area contributed by atoms with E-state index in [1.807, 2.05) is 39.8 Å². The molecular formula is C14H22FN. The lowest BCUT2D eigenvalue weighted by Crippen LogP contribution is -2.40. The Balaban J connectivity index is 2.94. The Morgan fingerprint density at radius 2 is 1.69 bits per heavy atom. The summed E-state index contributed by atoms with van der Waals surface area (Å²) < 4.78 is 14.5. The zero-order valence-corrected chi connectivity index (χ0v) is 10.7. The third kappa shape index (κ3) is 3.05. The van der Waals surface area contributed by atoms with Crippen molar-refractivity contribution in [3.8, 4) is 0 Å². The number of rotatable bonds is 4. The largest absolute Gasteiger partial charge is 0.328 e. The SMILES string of the molecule is Cc1cc(C)cc(CC(F)(CN)C(C)C)c1. The molecule has 0 aliphatic carbocycles. The summed E-state index contributed by atoms with van der Waals surface area (Å²) in [7, 11) is 0. The van der Waals surface area contributed by atoms with E-state index in [9.17, 15) is 4.39 Å². The minimum atomic E-state index is -1.29. The summed E-state index contributed by atoms with van der Waals surface area (Å²) in [6.07, 6.45) is 0.406. The molecule has 1 atom stereocenters. The van der Waals surface area contributed by atoms with Crippen LogP contribution >= 0.6 is 0 Å². The molecule has 1 aromatic rings. The molecule has 90 valence electrons. The van der Waals surface area contributed by atoms with E-state index in [-0.39, 0.29) is 12.5 Å². The highest BCUT2D eigenvalue weighted by atomic mass is 19.1. The van der Waals surface area contributed by atoms with Crippen LogP contribution in [0.25, 0.3) is 0 Å². The molecule has 0 bridgehead atoms. The van der Waals surface area contributed by atoms with E-state index in [4.69, 9.17) is 5.73 Å². The molecule has 0 spiro atoms. The molecule has 1 nitrogen and oxygen atoms in total. The Morgan fingerprint density at radius 1 is 1.19 bits per heavy atom. The van der Waals surface area contributed by atoms with Crippen molar-refractivity contribution >= 4 is 0 Å². The Labute approximate surface area is 97.9 Å². The normalized spacial score (nSPS) is 15.2. The first kappa shape index (κ1) is 13.2. The van der Waals surface area contributed by atoms with Gasteiger partial charge >= 0.3 is 0 Å². The topological polar surface area (TPSA) is 26.0 Å². The maximum atomic E-state index is 14.5. The average molecular weight is 223 g/mol. The van der Waals surface area contributed by atoms with E-state index in [2.05, 4.69) is 6.07 Å². The molecule has 0 amide bonds. The summed E-state index contributed by atoms with van der Waals surface area (Å²) in [6, 6.07) is 6.18. The fourth-order valence-electron chi connectivity index (χ4n) is 2.02. The summed E-state index contributed by atoms with van der Waals surface area (Å²) in [5.74, 6) is -0.0571. The van der Waals surface area contributed by atoms with Crippen molar-refractivity contribution < 1.29 is 4.39 Å². The molecule has 0 aromatic heterocycles. The second kappa shape index (κ2) is 4.96. The highest BCUT2D eigenvalue weighted by molar-refractivity contribution is 5.29. The molecule has 0 aliphatic rings. The van der Waals surface area contributed by atoms with Crippen LogP contribution in [0.2, 0.25) is 0 Å². The maximum absolute atomic E-state index is 14.5. The van der Waals surface area contributed by atoms with Crippen molar-refractivity contribution in [2.45, 2.75) is 39.8 Å². The van der Waals surface area contributed by atoms with Gasteiger partial charge in [-0.1, -0.05) is 43.2 Å². The first-order valence-electron chi connectivity index (χ1n) is 5.83. The lowest BCUT2D eigenvalue weighted by Gasteiger charge is -2.28. The average Bonchev–Trinajstić information content (AvgIpc) is 2.15. The van der Waals surface area contributed by atoms with Gasteiger partial charge in [0.25, 0.3) is 0 Å².